The van der Waals surface area contributed by atoms with Gasteiger partial charge in [0.05, 0.1) is 11.1 Å². The molecule has 2 heterocycles. The molecule has 9 heteroatoms. The summed E-state index contributed by atoms with van der Waals surface area (Å²) in [5, 5.41) is 15.8. The van der Waals surface area contributed by atoms with Crippen LogP contribution >= 0.6 is 0 Å². The largest absolute Gasteiger partial charge is 0.354 e. The fourth-order valence-corrected chi connectivity index (χ4v) is 2.18. The highest BCUT2D eigenvalue weighted by Crippen LogP contribution is 2.21. The number of H-pyrrole nitrogens is 1. The molecule has 0 atom stereocenters. The van der Waals surface area contributed by atoms with Gasteiger partial charge in [-0.05, 0) is 12.1 Å². The van der Waals surface area contributed by atoms with Crippen molar-refractivity contribution >= 4 is 17.7 Å². The van der Waals surface area contributed by atoms with Gasteiger partial charge in [0, 0.05) is 13.0 Å². The fourth-order valence-electron chi connectivity index (χ4n) is 2.18. The number of benzene rings is 1. The quantitative estimate of drug-likeness (QED) is 0.694. The van der Waals surface area contributed by atoms with Gasteiger partial charge in [-0.3, -0.25) is 19.3 Å². The number of rotatable bonds is 5. The maximum absolute atomic E-state index is 12.1. The number of nitrogens with zero attached hydrogens (tertiary/aromatic N) is 4. The van der Waals surface area contributed by atoms with E-state index in [0.717, 1.165) is 4.90 Å². The molecule has 3 rings (SSSR count). The van der Waals surface area contributed by atoms with E-state index in [-0.39, 0.29) is 6.54 Å². The standard InChI is InChI=1S/C13H12N6O3/c20-11(14-6-5-10-15-17-18-16-10)7-19-12(21)8-3-1-2-4-9(8)13(19)22/h1-4H,5-7H2,(H,14,20)(H,15,16,17,18). The van der Waals surface area contributed by atoms with Gasteiger partial charge in [0.25, 0.3) is 11.8 Å². The van der Waals surface area contributed by atoms with E-state index in [1.807, 2.05) is 0 Å². The van der Waals surface area contributed by atoms with Crippen LogP contribution in [0, 0.1) is 0 Å². The number of tetrazole rings is 1. The maximum Gasteiger partial charge on any atom is 0.262 e. The predicted molar refractivity (Wildman–Crippen MR) is 72.7 cm³/mol. The lowest BCUT2D eigenvalue weighted by Gasteiger charge is -2.13. The summed E-state index contributed by atoms with van der Waals surface area (Å²) in [4.78, 5) is 37.0. The number of hydrogen-bond acceptors (Lipinski definition) is 6. The number of aromatic amines is 1. The second-order valence-corrected chi connectivity index (χ2v) is 4.67. The summed E-state index contributed by atoms with van der Waals surface area (Å²) < 4.78 is 0. The summed E-state index contributed by atoms with van der Waals surface area (Å²) >= 11 is 0. The van der Waals surface area contributed by atoms with Crippen LogP contribution < -0.4 is 5.32 Å². The molecule has 0 fully saturated rings. The Morgan fingerprint density at radius 1 is 1.18 bits per heavy atom. The van der Waals surface area contributed by atoms with E-state index >= 15 is 0 Å². The molecular formula is C13H12N6O3. The molecule has 112 valence electrons. The lowest BCUT2D eigenvalue weighted by atomic mass is 10.1. The predicted octanol–water partition coefficient (Wildman–Crippen LogP) is -0.845. The summed E-state index contributed by atoms with van der Waals surface area (Å²) in [6.45, 7) is -0.0138. The van der Waals surface area contributed by atoms with Crippen LogP contribution in [-0.4, -0.2) is 56.3 Å². The Morgan fingerprint density at radius 3 is 2.45 bits per heavy atom. The van der Waals surface area contributed by atoms with Crippen LogP contribution in [0.4, 0.5) is 0 Å². The molecule has 22 heavy (non-hydrogen) atoms. The third-order valence-corrected chi connectivity index (χ3v) is 3.24. The molecule has 2 N–H and O–H groups in total. The molecule has 9 nitrogen and oxygen atoms in total. The van der Waals surface area contributed by atoms with Gasteiger partial charge < -0.3 is 5.32 Å². The molecule has 1 aromatic heterocycles. The highest BCUT2D eigenvalue weighted by molar-refractivity contribution is 6.22. The van der Waals surface area contributed by atoms with Crippen molar-refractivity contribution in [2.75, 3.05) is 13.1 Å². The number of aromatic nitrogens is 4. The molecule has 2 aromatic rings. The van der Waals surface area contributed by atoms with Crippen molar-refractivity contribution in [1.82, 2.24) is 30.8 Å². The minimum Gasteiger partial charge on any atom is -0.354 e. The van der Waals surface area contributed by atoms with Gasteiger partial charge in [-0.1, -0.05) is 17.3 Å². The molecule has 0 spiro atoms. The zero-order valence-electron chi connectivity index (χ0n) is 11.4. The highest BCUT2D eigenvalue weighted by Gasteiger charge is 2.36. The molecule has 1 aromatic carbocycles. The van der Waals surface area contributed by atoms with E-state index in [0.29, 0.717) is 29.9 Å². The highest BCUT2D eigenvalue weighted by atomic mass is 16.2. The maximum atomic E-state index is 12.1. The first kappa shape index (κ1) is 13.9. The van der Waals surface area contributed by atoms with E-state index in [1.165, 1.54) is 0 Å². The lowest BCUT2D eigenvalue weighted by molar-refractivity contribution is -0.121. The third kappa shape index (κ3) is 2.55. The Morgan fingerprint density at radius 2 is 1.86 bits per heavy atom. The first-order valence-electron chi connectivity index (χ1n) is 6.61. The number of amides is 3. The Labute approximate surface area is 124 Å². The van der Waals surface area contributed by atoms with Gasteiger partial charge in [0.1, 0.15) is 6.54 Å². The molecule has 0 unspecified atom stereocenters. The van der Waals surface area contributed by atoms with Crippen LogP contribution in [0.1, 0.15) is 26.5 Å². The zero-order valence-corrected chi connectivity index (χ0v) is 11.4. The lowest BCUT2D eigenvalue weighted by Crippen LogP contribution is -2.40. The van der Waals surface area contributed by atoms with Crippen molar-refractivity contribution in [3.8, 4) is 0 Å². The number of imide groups is 1. The van der Waals surface area contributed by atoms with Crippen LogP contribution in [0.5, 0.6) is 0 Å². The second kappa shape index (κ2) is 5.72. The summed E-state index contributed by atoms with van der Waals surface area (Å²) in [7, 11) is 0. The Hall–Kier alpha value is -3.10. The minimum absolute atomic E-state index is 0.293. The van der Waals surface area contributed by atoms with Crippen LogP contribution in [0.25, 0.3) is 0 Å². The average Bonchev–Trinajstić information content (AvgIpc) is 3.11. The molecule has 1 aliphatic heterocycles. The van der Waals surface area contributed by atoms with Crippen molar-refractivity contribution < 1.29 is 14.4 Å². The summed E-state index contributed by atoms with van der Waals surface area (Å²) in [5.74, 6) is -0.845. The minimum atomic E-state index is -0.450. The van der Waals surface area contributed by atoms with E-state index in [9.17, 15) is 14.4 Å². The Bertz CT molecular complexity index is 692. The van der Waals surface area contributed by atoms with Crippen LogP contribution in [0.2, 0.25) is 0 Å². The van der Waals surface area contributed by atoms with E-state index in [2.05, 4.69) is 25.9 Å². The van der Waals surface area contributed by atoms with Crippen LogP contribution in [0.3, 0.4) is 0 Å². The topological polar surface area (TPSA) is 121 Å². The van der Waals surface area contributed by atoms with E-state index < -0.39 is 17.7 Å². The zero-order chi connectivity index (χ0) is 15.5. The Kier molecular flexibility index (Phi) is 3.60. The third-order valence-electron chi connectivity index (χ3n) is 3.24. The number of nitrogens with one attached hydrogen (secondary N) is 2. The van der Waals surface area contributed by atoms with Gasteiger partial charge >= 0.3 is 0 Å². The van der Waals surface area contributed by atoms with Crippen molar-refractivity contribution in [2.24, 2.45) is 0 Å². The first-order chi connectivity index (χ1) is 10.7. The number of hydrogen-bond donors (Lipinski definition) is 2. The van der Waals surface area contributed by atoms with Crippen molar-refractivity contribution in [3.05, 3.63) is 41.2 Å². The van der Waals surface area contributed by atoms with Gasteiger partial charge in [0.15, 0.2) is 5.82 Å². The number of carbonyl (C=O) groups excluding carboxylic acids is 3. The fraction of sp³-hybridized carbons (Fsp3) is 0.231. The monoisotopic (exact) mass is 300 g/mol. The average molecular weight is 300 g/mol. The normalized spacial score (nSPS) is 13.4. The molecule has 0 aliphatic carbocycles. The van der Waals surface area contributed by atoms with Gasteiger partial charge in [-0.2, -0.15) is 5.21 Å². The Balaban J connectivity index is 1.56. The number of fused-ring (bicyclic) bond motifs is 1. The molecule has 0 bridgehead atoms. The van der Waals surface area contributed by atoms with Gasteiger partial charge in [0.2, 0.25) is 5.91 Å². The second-order valence-electron chi connectivity index (χ2n) is 4.67. The van der Waals surface area contributed by atoms with Gasteiger partial charge in [-0.25, -0.2) is 0 Å². The smallest absolute Gasteiger partial charge is 0.262 e. The summed E-state index contributed by atoms with van der Waals surface area (Å²) in [6.07, 6.45) is 0.407. The van der Waals surface area contributed by atoms with Gasteiger partial charge in [-0.15, -0.1) is 10.2 Å². The molecule has 1 aliphatic rings. The number of carbonyl (C=O) groups is 3. The van der Waals surface area contributed by atoms with E-state index in [1.54, 1.807) is 24.3 Å². The summed E-state index contributed by atoms with van der Waals surface area (Å²) in [5.41, 5.74) is 0.652. The van der Waals surface area contributed by atoms with Crippen molar-refractivity contribution in [2.45, 2.75) is 6.42 Å². The van der Waals surface area contributed by atoms with Crippen molar-refractivity contribution in [3.63, 3.8) is 0 Å². The SMILES string of the molecule is O=C(CN1C(=O)c2ccccc2C1=O)NCCc1nn[nH]n1. The molecule has 0 saturated carbocycles. The molecular weight excluding hydrogens is 288 g/mol. The summed E-state index contributed by atoms with van der Waals surface area (Å²) in [6, 6.07) is 6.50. The molecule has 0 saturated heterocycles. The molecule has 0 radical (unpaired) electrons. The first-order valence-corrected chi connectivity index (χ1v) is 6.61. The molecule has 3 amide bonds. The van der Waals surface area contributed by atoms with Crippen molar-refractivity contribution in [1.29, 1.82) is 0 Å². The van der Waals surface area contributed by atoms with E-state index in [4.69, 9.17) is 0 Å². The van der Waals surface area contributed by atoms with Crippen LogP contribution in [0.15, 0.2) is 24.3 Å². The van der Waals surface area contributed by atoms with Crippen LogP contribution in [-0.2, 0) is 11.2 Å².